The average molecular weight is 216 g/mol. The number of para-hydroxylation sites is 1. The minimum absolute atomic E-state index is 0.322. The van der Waals surface area contributed by atoms with E-state index in [1.165, 1.54) is 5.57 Å². The van der Waals surface area contributed by atoms with Crippen LogP contribution < -0.4 is 4.74 Å². The summed E-state index contributed by atoms with van der Waals surface area (Å²) in [6, 6.07) is 10.1. The number of hydrogen-bond acceptors (Lipinski definition) is 1. The molecule has 0 saturated carbocycles. The molecule has 1 aromatic rings. The van der Waals surface area contributed by atoms with Crippen LogP contribution in [0.15, 0.2) is 42.0 Å². The second-order valence-electron chi connectivity index (χ2n) is 4.90. The van der Waals surface area contributed by atoms with Crippen LogP contribution in [0.5, 0.6) is 5.75 Å². The molecule has 0 heterocycles. The molecule has 3 atom stereocenters. The van der Waals surface area contributed by atoms with E-state index in [-0.39, 0.29) is 0 Å². The van der Waals surface area contributed by atoms with Crippen LogP contribution in [0.2, 0.25) is 0 Å². The fourth-order valence-corrected chi connectivity index (χ4v) is 2.33. The van der Waals surface area contributed by atoms with E-state index in [1.54, 1.807) is 0 Å². The highest BCUT2D eigenvalue weighted by Gasteiger charge is 2.27. The summed E-state index contributed by atoms with van der Waals surface area (Å²) in [5.74, 6) is 2.19. The first-order valence-corrected chi connectivity index (χ1v) is 6.06. The van der Waals surface area contributed by atoms with Gasteiger partial charge in [-0.25, -0.2) is 0 Å². The Kier molecular flexibility index (Phi) is 3.33. The van der Waals surface area contributed by atoms with Crippen LogP contribution in [-0.2, 0) is 0 Å². The highest BCUT2D eigenvalue weighted by atomic mass is 16.5. The van der Waals surface area contributed by atoms with Gasteiger partial charge in [0, 0.05) is 6.42 Å². The van der Waals surface area contributed by atoms with Gasteiger partial charge in [-0.1, -0.05) is 43.7 Å². The summed E-state index contributed by atoms with van der Waals surface area (Å²) >= 11 is 0. The van der Waals surface area contributed by atoms with Gasteiger partial charge in [0.2, 0.25) is 0 Å². The van der Waals surface area contributed by atoms with Crippen LogP contribution in [0.25, 0.3) is 0 Å². The number of benzene rings is 1. The fourth-order valence-electron chi connectivity index (χ4n) is 2.33. The molecule has 0 bridgehead atoms. The van der Waals surface area contributed by atoms with E-state index in [1.807, 2.05) is 30.3 Å². The van der Waals surface area contributed by atoms with Crippen LogP contribution in [0.3, 0.4) is 0 Å². The van der Waals surface area contributed by atoms with Crippen LogP contribution >= 0.6 is 0 Å². The van der Waals surface area contributed by atoms with Crippen LogP contribution in [0.4, 0.5) is 0 Å². The summed E-state index contributed by atoms with van der Waals surface area (Å²) in [5, 5.41) is 0. The Hall–Kier alpha value is -1.24. The molecule has 0 fully saturated rings. The van der Waals surface area contributed by atoms with Gasteiger partial charge in [0.1, 0.15) is 11.9 Å². The van der Waals surface area contributed by atoms with Gasteiger partial charge in [-0.15, -0.1) is 0 Å². The highest BCUT2D eigenvalue weighted by Crippen LogP contribution is 2.31. The van der Waals surface area contributed by atoms with E-state index in [4.69, 9.17) is 4.74 Å². The first-order chi connectivity index (χ1) is 7.66. The molecule has 0 aliphatic heterocycles. The van der Waals surface area contributed by atoms with Gasteiger partial charge in [-0.05, 0) is 30.9 Å². The SMILES string of the molecule is CC1=CC(C)C(C)C(Oc2ccccc2)C1. The Balaban J connectivity index is 2.08. The molecule has 1 aliphatic rings. The molecule has 1 aliphatic carbocycles. The maximum atomic E-state index is 6.07. The molecule has 0 amide bonds. The van der Waals surface area contributed by atoms with Gasteiger partial charge in [-0.2, -0.15) is 0 Å². The second-order valence-corrected chi connectivity index (χ2v) is 4.90. The van der Waals surface area contributed by atoms with Crippen molar-refractivity contribution in [3.63, 3.8) is 0 Å². The lowest BCUT2D eigenvalue weighted by Gasteiger charge is -2.32. The van der Waals surface area contributed by atoms with Crippen molar-refractivity contribution in [1.29, 1.82) is 0 Å². The summed E-state index contributed by atoms with van der Waals surface area (Å²) in [4.78, 5) is 0. The zero-order chi connectivity index (χ0) is 11.5. The van der Waals surface area contributed by atoms with Crippen molar-refractivity contribution in [3.05, 3.63) is 42.0 Å². The third-order valence-corrected chi connectivity index (χ3v) is 3.52. The van der Waals surface area contributed by atoms with E-state index in [2.05, 4.69) is 26.8 Å². The van der Waals surface area contributed by atoms with Crippen LogP contribution in [0, 0.1) is 11.8 Å². The second kappa shape index (κ2) is 4.73. The molecule has 0 N–H and O–H groups in total. The minimum Gasteiger partial charge on any atom is -0.490 e. The number of hydrogen-bond donors (Lipinski definition) is 0. The Labute approximate surface area is 98.1 Å². The van der Waals surface area contributed by atoms with Gasteiger partial charge in [0.25, 0.3) is 0 Å². The van der Waals surface area contributed by atoms with E-state index in [0.717, 1.165) is 12.2 Å². The predicted molar refractivity (Wildman–Crippen MR) is 67.6 cm³/mol. The predicted octanol–water partition coefficient (Wildman–Crippen LogP) is 4.06. The molecule has 3 unspecified atom stereocenters. The molecule has 0 radical (unpaired) electrons. The van der Waals surface area contributed by atoms with E-state index < -0.39 is 0 Å². The largest absolute Gasteiger partial charge is 0.490 e. The lowest BCUT2D eigenvalue weighted by atomic mass is 9.81. The lowest BCUT2D eigenvalue weighted by molar-refractivity contribution is 0.114. The van der Waals surface area contributed by atoms with E-state index in [9.17, 15) is 0 Å². The van der Waals surface area contributed by atoms with Gasteiger partial charge >= 0.3 is 0 Å². The summed E-state index contributed by atoms with van der Waals surface area (Å²) in [5.41, 5.74) is 1.45. The van der Waals surface area contributed by atoms with Crippen molar-refractivity contribution in [1.82, 2.24) is 0 Å². The first-order valence-electron chi connectivity index (χ1n) is 6.06. The molecule has 0 spiro atoms. The first kappa shape index (κ1) is 11.3. The van der Waals surface area contributed by atoms with Gasteiger partial charge < -0.3 is 4.74 Å². The minimum atomic E-state index is 0.322. The molecule has 16 heavy (non-hydrogen) atoms. The normalized spacial score (nSPS) is 29.7. The fraction of sp³-hybridized carbons (Fsp3) is 0.467. The van der Waals surface area contributed by atoms with Crippen molar-refractivity contribution in [2.24, 2.45) is 11.8 Å². The van der Waals surface area contributed by atoms with Crippen LogP contribution in [0.1, 0.15) is 27.2 Å². The Morgan fingerprint density at radius 3 is 2.50 bits per heavy atom. The smallest absolute Gasteiger partial charge is 0.119 e. The quantitative estimate of drug-likeness (QED) is 0.677. The molecule has 1 aromatic carbocycles. The monoisotopic (exact) mass is 216 g/mol. The van der Waals surface area contributed by atoms with E-state index in [0.29, 0.717) is 17.9 Å². The van der Waals surface area contributed by atoms with Crippen molar-refractivity contribution in [3.8, 4) is 5.75 Å². The van der Waals surface area contributed by atoms with E-state index >= 15 is 0 Å². The lowest BCUT2D eigenvalue weighted by Crippen LogP contribution is -2.32. The maximum Gasteiger partial charge on any atom is 0.119 e. The topological polar surface area (TPSA) is 9.23 Å². The molecular weight excluding hydrogens is 196 g/mol. The van der Waals surface area contributed by atoms with Crippen molar-refractivity contribution in [2.45, 2.75) is 33.3 Å². The van der Waals surface area contributed by atoms with Crippen molar-refractivity contribution in [2.75, 3.05) is 0 Å². The Bertz CT molecular complexity index is 366. The molecule has 0 aromatic heterocycles. The van der Waals surface area contributed by atoms with Crippen LogP contribution in [-0.4, -0.2) is 6.10 Å². The molecular formula is C15H20O. The zero-order valence-corrected chi connectivity index (χ0v) is 10.3. The number of rotatable bonds is 2. The summed E-state index contributed by atoms with van der Waals surface area (Å²) in [6.07, 6.45) is 3.75. The number of ether oxygens (including phenoxy) is 1. The van der Waals surface area contributed by atoms with Gasteiger partial charge in [-0.3, -0.25) is 0 Å². The third kappa shape index (κ3) is 2.46. The van der Waals surface area contributed by atoms with Crippen molar-refractivity contribution >= 4 is 0 Å². The maximum absolute atomic E-state index is 6.07. The zero-order valence-electron chi connectivity index (χ0n) is 10.3. The summed E-state index contributed by atoms with van der Waals surface area (Å²) in [6.45, 7) is 6.75. The Morgan fingerprint density at radius 2 is 1.81 bits per heavy atom. The summed E-state index contributed by atoms with van der Waals surface area (Å²) in [7, 11) is 0. The average Bonchev–Trinajstić information content (AvgIpc) is 2.27. The molecule has 0 saturated heterocycles. The Morgan fingerprint density at radius 1 is 1.12 bits per heavy atom. The molecule has 1 nitrogen and oxygen atoms in total. The van der Waals surface area contributed by atoms with Gasteiger partial charge in [0.05, 0.1) is 0 Å². The molecule has 86 valence electrons. The summed E-state index contributed by atoms with van der Waals surface area (Å²) < 4.78 is 6.07. The van der Waals surface area contributed by atoms with Gasteiger partial charge in [0.15, 0.2) is 0 Å². The number of allylic oxidation sites excluding steroid dienone is 1. The highest BCUT2D eigenvalue weighted by molar-refractivity contribution is 5.22. The third-order valence-electron chi connectivity index (χ3n) is 3.52. The molecule has 2 rings (SSSR count). The van der Waals surface area contributed by atoms with Crippen molar-refractivity contribution < 1.29 is 4.74 Å². The molecule has 1 heteroatoms. The standard InChI is InChI=1S/C15H20O/c1-11-9-12(2)13(3)15(10-11)16-14-7-5-4-6-8-14/h4-9,12-13,15H,10H2,1-3H3.